The molecule has 0 heterocycles. The zero-order valence-corrected chi connectivity index (χ0v) is 19.7. The fourth-order valence-electron chi connectivity index (χ4n) is 4.11. The van der Waals surface area contributed by atoms with Crippen LogP contribution in [0.4, 0.5) is 4.79 Å². The van der Waals surface area contributed by atoms with Crippen LogP contribution >= 0.6 is 11.8 Å². The molecule has 0 saturated carbocycles. The van der Waals surface area contributed by atoms with Gasteiger partial charge in [0.1, 0.15) is 18.7 Å². The lowest BCUT2D eigenvalue weighted by Crippen LogP contribution is -2.52. The Balaban J connectivity index is 1.65. The zero-order chi connectivity index (χ0) is 23.8. The minimum Gasteiger partial charge on any atom is -0.480 e. The number of carboxylic acids is 1. The third-order valence-electron chi connectivity index (χ3n) is 5.75. The summed E-state index contributed by atoms with van der Waals surface area (Å²) in [6, 6.07) is 14.3. The Kier molecular flexibility index (Phi) is 8.77. The molecule has 8 heteroatoms. The quantitative estimate of drug-likeness (QED) is 0.458. The van der Waals surface area contributed by atoms with Gasteiger partial charge in [0.15, 0.2) is 0 Å². The van der Waals surface area contributed by atoms with E-state index < -0.39 is 30.1 Å². The second-order valence-electron chi connectivity index (χ2n) is 7.99. The summed E-state index contributed by atoms with van der Waals surface area (Å²) in [5.41, 5.74) is 4.48. The van der Waals surface area contributed by atoms with E-state index in [1.165, 1.54) is 11.8 Å². The highest BCUT2D eigenvalue weighted by molar-refractivity contribution is 7.98. The lowest BCUT2D eigenvalue weighted by atomic mass is 9.98. The van der Waals surface area contributed by atoms with E-state index in [1.807, 2.05) is 49.6 Å². The van der Waals surface area contributed by atoms with Gasteiger partial charge in [0.05, 0.1) is 0 Å². The summed E-state index contributed by atoms with van der Waals surface area (Å²) in [6.45, 7) is 1.99. The smallest absolute Gasteiger partial charge is 0.407 e. The largest absolute Gasteiger partial charge is 0.480 e. The molecule has 2 amide bonds. The maximum atomic E-state index is 12.7. The molecule has 0 unspecified atom stereocenters. The predicted octanol–water partition coefficient (Wildman–Crippen LogP) is 4.02. The standard InChI is InChI=1S/C25H30N2O5S/c1-3-8-22(24(29)30)26-23(28)21(13-14-33-2)27-25(31)32-15-20-18-11-6-4-9-16(18)17-10-5-7-12-19(17)20/h4-7,9-12,20-22H,3,8,13-15H2,1-2H3,(H,26,28)(H,27,31)(H,29,30)/t21-,22+/m1/s1. The van der Waals surface area contributed by atoms with Crippen molar-refractivity contribution in [2.24, 2.45) is 0 Å². The van der Waals surface area contributed by atoms with Crippen LogP contribution in [0.1, 0.15) is 43.2 Å². The molecule has 0 bridgehead atoms. The number of hydrogen-bond acceptors (Lipinski definition) is 5. The fourth-order valence-corrected chi connectivity index (χ4v) is 4.58. The van der Waals surface area contributed by atoms with Crippen LogP contribution in [0.15, 0.2) is 48.5 Å². The van der Waals surface area contributed by atoms with Gasteiger partial charge in [-0.05, 0) is 47.1 Å². The summed E-state index contributed by atoms with van der Waals surface area (Å²) in [5.74, 6) is -1.05. The third kappa shape index (κ3) is 6.07. The molecule has 7 nitrogen and oxygen atoms in total. The number of alkyl carbamates (subject to hydrolysis) is 1. The first-order valence-electron chi connectivity index (χ1n) is 11.1. The highest BCUT2D eigenvalue weighted by Crippen LogP contribution is 2.44. The van der Waals surface area contributed by atoms with Crippen LogP contribution < -0.4 is 10.6 Å². The van der Waals surface area contributed by atoms with Gasteiger partial charge in [0.2, 0.25) is 5.91 Å². The Morgan fingerprint density at radius 2 is 1.58 bits per heavy atom. The van der Waals surface area contributed by atoms with Crippen molar-refractivity contribution in [2.45, 2.75) is 44.2 Å². The molecular weight excluding hydrogens is 440 g/mol. The van der Waals surface area contributed by atoms with E-state index in [-0.39, 0.29) is 12.5 Å². The van der Waals surface area contributed by atoms with Crippen molar-refractivity contribution in [1.29, 1.82) is 0 Å². The van der Waals surface area contributed by atoms with E-state index in [0.29, 0.717) is 25.0 Å². The Hall–Kier alpha value is -3.00. The monoisotopic (exact) mass is 470 g/mol. The Morgan fingerprint density at radius 3 is 2.12 bits per heavy atom. The molecule has 0 radical (unpaired) electrons. The Bertz CT molecular complexity index is 951. The van der Waals surface area contributed by atoms with Crippen molar-refractivity contribution in [2.75, 3.05) is 18.6 Å². The molecule has 1 aliphatic carbocycles. The number of fused-ring (bicyclic) bond motifs is 3. The molecule has 3 rings (SSSR count). The van der Waals surface area contributed by atoms with Crippen LogP contribution in [0.3, 0.4) is 0 Å². The van der Waals surface area contributed by atoms with Crippen molar-refractivity contribution in [3.05, 3.63) is 59.7 Å². The van der Waals surface area contributed by atoms with Gasteiger partial charge in [-0.25, -0.2) is 9.59 Å². The Labute approximate surface area is 198 Å². The van der Waals surface area contributed by atoms with E-state index in [1.54, 1.807) is 0 Å². The number of ether oxygens (including phenoxy) is 1. The molecule has 0 aromatic heterocycles. The molecule has 33 heavy (non-hydrogen) atoms. The average molecular weight is 471 g/mol. The summed E-state index contributed by atoms with van der Waals surface area (Å²) >= 11 is 1.54. The van der Waals surface area contributed by atoms with E-state index >= 15 is 0 Å². The van der Waals surface area contributed by atoms with Crippen molar-refractivity contribution < 1.29 is 24.2 Å². The number of hydrogen-bond donors (Lipinski definition) is 3. The van der Waals surface area contributed by atoms with E-state index in [0.717, 1.165) is 22.3 Å². The van der Waals surface area contributed by atoms with Gasteiger partial charge in [-0.3, -0.25) is 4.79 Å². The molecule has 1 aliphatic rings. The highest BCUT2D eigenvalue weighted by Gasteiger charge is 2.30. The second-order valence-corrected chi connectivity index (χ2v) is 8.98. The van der Waals surface area contributed by atoms with Gasteiger partial charge < -0.3 is 20.5 Å². The number of thioether (sulfide) groups is 1. The van der Waals surface area contributed by atoms with Gasteiger partial charge in [-0.1, -0.05) is 61.9 Å². The zero-order valence-electron chi connectivity index (χ0n) is 18.9. The van der Waals surface area contributed by atoms with Crippen LogP contribution in [0.25, 0.3) is 11.1 Å². The number of carbonyl (C=O) groups is 3. The van der Waals surface area contributed by atoms with Gasteiger partial charge in [-0.15, -0.1) is 0 Å². The number of aliphatic carboxylic acids is 1. The molecule has 2 aromatic rings. The van der Waals surface area contributed by atoms with Crippen LogP contribution in [-0.4, -0.2) is 53.8 Å². The number of carbonyl (C=O) groups excluding carboxylic acids is 2. The van der Waals surface area contributed by atoms with Crippen molar-refractivity contribution in [3.63, 3.8) is 0 Å². The second kappa shape index (κ2) is 11.7. The van der Waals surface area contributed by atoms with Gasteiger partial charge >= 0.3 is 12.1 Å². The number of rotatable bonds is 11. The summed E-state index contributed by atoms with van der Waals surface area (Å²) < 4.78 is 5.55. The summed E-state index contributed by atoms with van der Waals surface area (Å²) in [4.78, 5) is 36.7. The molecule has 0 aliphatic heterocycles. The number of benzene rings is 2. The fraction of sp³-hybridized carbons (Fsp3) is 0.400. The molecule has 0 fully saturated rings. The van der Waals surface area contributed by atoms with E-state index in [2.05, 4.69) is 22.8 Å². The molecule has 0 spiro atoms. The van der Waals surface area contributed by atoms with Gasteiger partial charge in [-0.2, -0.15) is 11.8 Å². The summed E-state index contributed by atoms with van der Waals surface area (Å²) in [6.07, 6.45) is 2.52. The molecule has 2 atom stereocenters. The van der Waals surface area contributed by atoms with Crippen LogP contribution in [-0.2, 0) is 14.3 Å². The first kappa shape index (κ1) is 24.6. The molecular formula is C25H30N2O5S. The normalized spacial score (nSPS) is 14.0. The van der Waals surface area contributed by atoms with Crippen LogP contribution in [0.5, 0.6) is 0 Å². The minimum atomic E-state index is -1.09. The minimum absolute atomic E-state index is 0.0810. The van der Waals surface area contributed by atoms with E-state index in [9.17, 15) is 19.5 Å². The molecule has 176 valence electrons. The third-order valence-corrected chi connectivity index (χ3v) is 6.40. The lowest BCUT2D eigenvalue weighted by Gasteiger charge is -2.21. The predicted molar refractivity (Wildman–Crippen MR) is 129 cm³/mol. The van der Waals surface area contributed by atoms with Crippen molar-refractivity contribution >= 4 is 29.7 Å². The molecule has 2 aromatic carbocycles. The van der Waals surface area contributed by atoms with Crippen molar-refractivity contribution in [3.8, 4) is 11.1 Å². The summed E-state index contributed by atoms with van der Waals surface area (Å²) in [7, 11) is 0. The van der Waals surface area contributed by atoms with E-state index in [4.69, 9.17) is 4.74 Å². The topological polar surface area (TPSA) is 105 Å². The SMILES string of the molecule is CCC[C@H](NC(=O)[C@@H](CCSC)NC(=O)OCC1c2ccccc2-c2ccccc21)C(=O)O. The van der Waals surface area contributed by atoms with Crippen LogP contribution in [0, 0.1) is 0 Å². The summed E-state index contributed by atoms with van der Waals surface area (Å²) in [5, 5.41) is 14.5. The van der Waals surface area contributed by atoms with Crippen molar-refractivity contribution in [1.82, 2.24) is 10.6 Å². The highest BCUT2D eigenvalue weighted by atomic mass is 32.2. The maximum absolute atomic E-state index is 12.7. The first-order chi connectivity index (χ1) is 16.0. The average Bonchev–Trinajstić information content (AvgIpc) is 3.13. The molecule has 3 N–H and O–H groups in total. The first-order valence-corrected chi connectivity index (χ1v) is 12.5. The number of amides is 2. The van der Waals surface area contributed by atoms with Gasteiger partial charge in [0.25, 0.3) is 0 Å². The molecule has 0 saturated heterocycles. The lowest BCUT2D eigenvalue weighted by molar-refractivity contribution is -0.142. The maximum Gasteiger partial charge on any atom is 0.407 e. The van der Waals surface area contributed by atoms with Gasteiger partial charge in [0, 0.05) is 5.92 Å². The van der Waals surface area contributed by atoms with Crippen LogP contribution in [0.2, 0.25) is 0 Å². The number of nitrogens with one attached hydrogen (secondary N) is 2. The number of carboxylic acid groups (broad SMARTS) is 1. The Morgan fingerprint density at radius 1 is 0.970 bits per heavy atom.